The average Bonchev–Trinajstić information content (AvgIpc) is 2.66. The fourth-order valence-electron chi connectivity index (χ4n) is 2.98. The molecule has 0 radical (unpaired) electrons. The molecule has 1 N–H and O–H groups in total. The highest BCUT2D eigenvalue weighted by molar-refractivity contribution is 6.31. The van der Waals surface area contributed by atoms with Crippen LogP contribution in [0.4, 0.5) is 8.78 Å². The number of aromatic nitrogens is 2. The van der Waals surface area contributed by atoms with Crippen LogP contribution in [0, 0.1) is 11.6 Å². The zero-order valence-corrected chi connectivity index (χ0v) is 17.6. The minimum atomic E-state index is -0.850. The fourth-order valence-corrected chi connectivity index (χ4v) is 3.42. The Morgan fingerprint density at radius 3 is 1.71 bits per heavy atom. The molecule has 0 amide bonds. The molecular formula is C22H16Cl2F2N2O3. The van der Waals surface area contributed by atoms with Gasteiger partial charge in [0.25, 0.3) is 5.56 Å². The first-order chi connectivity index (χ1) is 14.5. The highest BCUT2D eigenvalue weighted by atomic mass is 35.5. The maximum atomic E-state index is 13.6. The highest BCUT2D eigenvalue weighted by Crippen LogP contribution is 2.23. The molecule has 3 aromatic rings. The summed E-state index contributed by atoms with van der Waals surface area (Å²) < 4.78 is 29.0. The van der Waals surface area contributed by atoms with Crippen molar-refractivity contribution in [2.75, 3.05) is 0 Å². The first kappa shape index (κ1) is 22.5. The summed E-state index contributed by atoms with van der Waals surface area (Å²) in [4.78, 5) is 25.2. The van der Waals surface area contributed by atoms with Crippen molar-refractivity contribution in [1.29, 1.82) is 0 Å². The zero-order chi connectivity index (χ0) is 22.9. The summed E-state index contributed by atoms with van der Waals surface area (Å²) in [5.41, 5.74) is -0.449. The van der Waals surface area contributed by atoms with Gasteiger partial charge in [0.2, 0.25) is 5.88 Å². The van der Waals surface area contributed by atoms with Gasteiger partial charge in [0, 0.05) is 10.0 Å². The van der Waals surface area contributed by atoms with Crippen LogP contribution in [0.1, 0.15) is 11.1 Å². The number of rotatable bonds is 6. The number of aromatic hydroxyl groups is 1. The summed E-state index contributed by atoms with van der Waals surface area (Å²) >= 11 is 11.7. The van der Waals surface area contributed by atoms with Crippen molar-refractivity contribution in [3.05, 3.63) is 109 Å². The third-order valence-electron chi connectivity index (χ3n) is 4.50. The van der Waals surface area contributed by atoms with Gasteiger partial charge in [-0.1, -0.05) is 36.4 Å². The third kappa shape index (κ3) is 5.13. The van der Waals surface area contributed by atoms with Crippen molar-refractivity contribution in [1.82, 2.24) is 9.13 Å². The van der Waals surface area contributed by atoms with Crippen LogP contribution in [-0.4, -0.2) is 14.2 Å². The van der Waals surface area contributed by atoms with Gasteiger partial charge < -0.3 is 5.11 Å². The van der Waals surface area contributed by atoms with Gasteiger partial charge >= 0.3 is 5.69 Å². The molecule has 5 nitrogen and oxygen atoms in total. The normalized spacial score (nSPS) is 10.8. The van der Waals surface area contributed by atoms with E-state index in [9.17, 15) is 23.5 Å². The number of nitrogens with zero attached hydrogens (tertiary/aromatic N) is 2. The standard InChI is InChI=1S/C22H16Cl2F2N2O3/c1-12(14-3-16(23)7-18(25)5-14)10-27-20(29)9-21(30)28(22(27)31)11-13(2)15-4-17(24)8-19(26)6-15/h3-9,29H,1-2,10-11H2. The van der Waals surface area contributed by atoms with Gasteiger partial charge in [0.15, 0.2) is 0 Å². The van der Waals surface area contributed by atoms with E-state index in [1.54, 1.807) is 0 Å². The van der Waals surface area contributed by atoms with Crippen molar-refractivity contribution in [3.63, 3.8) is 0 Å². The van der Waals surface area contributed by atoms with E-state index in [2.05, 4.69) is 13.2 Å². The molecule has 0 aliphatic rings. The van der Waals surface area contributed by atoms with E-state index in [4.69, 9.17) is 23.2 Å². The van der Waals surface area contributed by atoms with Gasteiger partial charge in [-0.15, -0.1) is 0 Å². The molecule has 0 saturated heterocycles. The van der Waals surface area contributed by atoms with Gasteiger partial charge in [0.05, 0.1) is 19.2 Å². The Morgan fingerprint density at radius 1 is 0.806 bits per heavy atom. The number of halogens is 4. The van der Waals surface area contributed by atoms with E-state index in [0.717, 1.165) is 27.3 Å². The summed E-state index contributed by atoms with van der Waals surface area (Å²) in [6.07, 6.45) is 0. The summed E-state index contributed by atoms with van der Waals surface area (Å²) in [7, 11) is 0. The molecule has 0 atom stereocenters. The Labute approximate surface area is 185 Å². The maximum Gasteiger partial charge on any atom is 0.334 e. The lowest BCUT2D eigenvalue weighted by Gasteiger charge is -2.15. The molecule has 1 aromatic heterocycles. The minimum absolute atomic E-state index is 0.136. The predicted molar refractivity (Wildman–Crippen MR) is 118 cm³/mol. The summed E-state index contributed by atoms with van der Waals surface area (Å²) in [5, 5.41) is 10.4. The van der Waals surface area contributed by atoms with E-state index in [1.165, 1.54) is 24.3 Å². The van der Waals surface area contributed by atoms with E-state index < -0.39 is 28.8 Å². The summed E-state index contributed by atoms with van der Waals surface area (Å²) in [6.45, 7) is 7.10. The van der Waals surface area contributed by atoms with Crippen molar-refractivity contribution in [3.8, 4) is 5.88 Å². The number of hydrogen-bond donors (Lipinski definition) is 1. The first-order valence-electron chi connectivity index (χ1n) is 8.87. The second kappa shape index (κ2) is 8.91. The lowest BCUT2D eigenvalue weighted by Crippen LogP contribution is -2.39. The van der Waals surface area contributed by atoms with Crippen LogP contribution < -0.4 is 11.2 Å². The molecule has 2 aromatic carbocycles. The van der Waals surface area contributed by atoms with Crippen LogP contribution in [0.3, 0.4) is 0 Å². The van der Waals surface area contributed by atoms with E-state index in [0.29, 0.717) is 11.1 Å². The molecule has 3 rings (SSSR count). The third-order valence-corrected chi connectivity index (χ3v) is 4.93. The predicted octanol–water partition coefficient (Wildman–Crippen LogP) is 4.73. The van der Waals surface area contributed by atoms with E-state index in [-0.39, 0.29) is 34.3 Å². The van der Waals surface area contributed by atoms with Gasteiger partial charge in [-0.3, -0.25) is 13.9 Å². The molecular weight excluding hydrogens is 449 g/mol. The van der Waals surface area contributed by atoms with E-state index >= 15 is 0 Å². The van der Waals surface area contributed by atoms with Crippen molar-refractivity contribution < 1.29 is 13.9 Å². The zero-order valence-electron chi connectivity index (χ0n) is 16.0. The molecule has 160 valence electrons. The van der Waals surface area contributed by atoms with Gasteiger partial charge in [-0.25, -0.2) is 13.6 Å². The number of allylic oxidation sites excluding steroid dienone is 2. The van der Waals surface area contributed by atoms with Crippen molar-refractivity contribution in [2.45, 2.75) is 13.1 Å². The molecule has 0 aliphatic heterocycles. The maximum absolute atomic E-state index is 13.6. The molecule has 9 heteroatoms. The Kier molecular flexibility index (Phi) is 6.48. The van der Waals surface area contributed by atoms with Gasteiger partial charge in [0.1, 0.15) is 11.6 Å². The van der Waals surface area contributed by atoms with Crippen LogP contribution in [0.15, 0.2) is 65.2 Å². The molecule has 0 aliphatic carbocycles. The average molecular weight is 465 g/mol. The molecule has 31 heavy (non-hydrogen) atoms. The molecule has 0 spiro atoms. The van der Waals surface area contributed by atoms with Crippen LogP contribution in [0.25, 0.3) is 11.1 Å². The lowest BCUT2D eigenvalue weighted by molar-refractivity contribution is 0.404. The molecule has 0 saturated carbocycles. The summed E-state index contributed by atoms with van der Waals surface area (Å²) in [5.74, 6) is -1.77. The van der Waals surface area contributed by atoms with Crippen LogP contribution >= 0.6 is 23.2 Å². The van der Waals surface area contributed by atoms with Gasteiger partial charge in [-0.05, 0) is 58.7 Å². The largest absolute Gasteiger partial charge is 0.494 e. The number of hydrogen-bond acceptors (Lipinski definition) is 3. The smallest absolute Gasteiger partial charge is 0.334 e. The monoisotopic (exact) mass is 464 g/mol. The molecule has 0 unspecified atom stereocenters. The Morgan fingerprint density at radius 2 is 1.26 bits per heavy atom. The lowest BCUT2D eigenvalue weighted by atomic mass is 10.1. The van der Waals surface area contributed by atoms with E-state index in [1.807, 2.05) is 0 Å². The van der Waals surface area contributed by atoms with Crippen LogP contribution in [0.2, 0.25) is 10.0 Å². The van der Waals surface area contributed by atoms with Crippen molar-refractivity contribution >= 4 is 34.3 Å². The fraction of sp³-hybridized carbons (Fsp3) is 0.0909. The Balaban J connectivity index is 1.96. The van der Waals surface area contributed by atoms with Crippen LogP contribution in [-0.2, 0) is 13.1 Å². The summed E-state index contributed by atoms with van der Waals surface area (Å²) in [6, 6.07) is 8.36. The molecule has 0 fully saturated rings. The first-order valence-corrected chi connectivity index (χ1v) is 9.63. The second-order valence-electron chi connectivity index (χ2n) is 6.82. The Bertz CT molecular complexity index is 1290. The van der Waals surface area contributed by atoms with Crippen molar-refractivity contribution in [2.24, 2.45) is 0 Å². The molecule has 1 heterocycles. The number of benzene rings is 2. The molecule has 0 bridgehead atoms. The van der Waals surface area contributed by atoms with Gasteiger partial charge in [-0.2, -0.15) is 0 Å². The quantitative estimate of drug-likeness (QED) is 0.573. The van der Waals surface area contributed by atoms with Crippen LogP contribution in [0.5, 0.6) is 5.88 Å². The second-order valence-corrected chi connectivity index (χ2v) is 7.69. The SMILES string of the molecule is C=C(Cn1c(O)cc(=O)n(CC(=C)c2cc(F)cc(Cl)c2)c1=O)c1cc(F)cc(Cl)c1. The minimum Gasteiger partial charge on any atom is -0.494 e. The highest BCUT2D eigenvalue weighted by Gasteiger charge is 2.15. The Hall–Kier alpha value is -3.16. The topological polar surface area (TPSA) is 64.2 Å².